The number of aromatic nitrogens is 2. The van der Waals surface area contributed by atoms with Gasteiger partial charge in [0.05, 0.1) is 15.7 Å². The molecule has 0 atom stereocenters. The van der Waals surface area contributed by atoms with Crippen molar-refractivity contribution in [2.75, 3.05) is 5.32 Å². The number of thiazole rings is 1. The van der Waals surface area contributed by atoms with Crippen molar-refractivity contribution in [1.82, 2.24) is 9.55 Å². The molecule has 0 bridgehead atoms. The number of nitrogens with zero attached hydrogens (tertiary/aromatic N) is 2. The van der Waals surface area contributed by atoms with Crippen molar-refractivity contribution in [3.8, 4) is 11.3 Å². The van der Waals surface area contributed by atoms with E-state index >= 15 is 0 Å². The molecule has 5 nitrogen and oxygen atoms in total. The van der Waals surface area contributed by atoms with Crippen LogP contribution < -0.4 is 5.32 Å². The van der Waals surface area contributed by atoms with Gasteiger partial charge in [0.1, 0.15) is 11.5 Å². The highest BCUT2D eigenvalue weighted by atomic mass is 79.9. The van der Waals surface area contributed by atoms with Crippen LogP contribution in [0.4, 0.5) is 5.13 Å². The molecule has 0 radical (unpaired) electrons. The molecular weight excluding hydrogens is 414 g/mol. The SMILES string of the molecule is CCCn1c(C)cc(-c2csc(NC(=O)c3c(C)oc(C)c3Br)n2)c1C. The Hall–Kier alpha value is -1.86. The third kappa shape index (κ3) is 3.38. The molecule has 3 aromatic rings. The van der Waals surface area contributed by atoms with E-state index in [1.165, 1.54) is 22.7 Å². The molecule has 0 aliphatic heterocycles. The molecule has 0 fully saturated rings. The van der Waals surface area contributed by atoms with Crippen LogP contribution in [0, 0.1) is 27.7 Å². The highest BCUT2D eigenvalue weighted by Gasteiger charge is 2.21. The van der Waals surface area contributed by atoms with Crippen LogP contribution in [0.2, 0.25) is 0 Å². The maximum Gasteiger partial charge on any atom is 0.262 e. The van der Waals surface area contributed by atoms with Gasteiger partial charge in [-0.25, -0.2) is 4.98 Å². The van der Waals surface area contributed by atoms with Gasteiger partial charge < -0.3 is 8.98 Å². The lowest BCUT2D eigenvalue weighted by atomic mass is 10.2. The molecule has 0 saturated carbocycles. The number of hydrogen-bond donors (Lipinski definition) is 1. The van der Waals surface area contributed by atoms with Crippen molar-refractivity contribution in [3.05, 3.63) is 44.4 Å². The zero-order chi connectivity index (χ0) is 19.0. The molecule has 0 saturated heterocycles. The highest BCUT2D eigenvalue weighted by Crippen LogP contribution is 2.32. The molecule has 0 aliphatic carbocycles. The van der Waals surface area contributed by atoms with Crippen molar-refractivity contribution in [3.63, 3.8) is 0 Å². The van der Waals surface area contributed by atoms with Crippen LogP contribution in [0.1, 0.15) is 46.6 Å². The van der Waals surface area contributed by atoms with Crippen LogP contribution in [0.5, 0.6) is 0 Å². The van der Waals surface area contributed by atoms with Gasteiger partial charge in [-0.15, -0.1) is 11.3 Å². The van der Waals surface area contributed by atoms with Crippen LogP contribution in [-0.2, 0) is 6.54 Å². The fraction of sp³-hybridized carbons (Fsp3) is 0.368. The molecule has 3 heterocycles. The van der Waals surface area contributed by atoms with Gasteiger partial charge in [0.2, 0.25) is 0 Å². The lowest BCUT2D eigenvalue weighted by molar-refractivity contribution is 0.102. The van der Waals surface area contributed by atoms with Crippen LogP contribution in [0.25, 0.3) is 11.3 Å². The summed E-state index contributed by atoms with van der Waals surface area (Å²) in [7, 11) is 0. The maximum atomic E-state index is 12.6. The summed E-state index contributed by atoms with van der Waals surface area (Å²) in [6.45, 7) is 11.0. The normalized spacial score (nSPS) is 11.2. The van der Waals surface area contributed by atoms with Gasteiger partial charge in [0.25, 0.3) is 5.91 Å². The third-order valence-corrected chi connectivity index (χ3v) is 6.15. The maximum absolute atomic E-state index is 12.6. The summed E-state index contributed by atoms with van der Waals surface area (Å²) in [5, 5.41) is 5.44. The Morgan fingerprint density at radius 3 is 2.65 bits per heavy atom. The summed E-state index contributed by atoms with van der Waals surface area (Å²) >= 11 is 4.84. The number of anilines is 1. The van der Waals surface area contributed by atoms with E-state index in [4.69, 9.17) is 4.42 Å². The van der Waals surface area contributed by atoms with Gasteiger partial charge in [0, 0.05) is 28.9 Å². The van der Waals surface area contributed by atoms with Gasteiger partial charge in [-0.05, 0) is 56.1 Å². The first-order chi connectivity index (χ1) is 12.3. The Morgan fingerprint density at radius 1 is 1.31 bits per heavy atom. The van der Waals surface area contributed by atoms with E-state index in [2.05, 4.69) is 57.6 Å². The second-order valence-corrected chi connectivity index (χ2v) is 7.98. The van der Waals surface area contributed by atoms with E-state index in [0.717, 1.165) is 24.2 Å². The van der Waals surface area contributed by atoms with Crippen LogP contribution >= 0.6 is 27.3 Å². The largest absolute Gasteiger partial charge is 0.465 e. The molecular formula is C19H22BrN3O2S. The van der Waals surface area contributed by atoms with E-state index in [9.17, 15) is 4.79 Å². The second-order valence-electron chi connectivity index (χ2n) is 6.33. The Morgan fingerprint density at radius 2 is 2.04 bits per heavy atom. The van der Waals surface area contributed by atoms with Crippen LogP contribution in [0.3, 0.4) is 0 Å². The first-order valence-electron chi connectivity index (χ1n) is 8.52. The number of furan rings is 1. The van der Waals surface area contributed by atoms with Crippen molar-refractivity contribution in [2.24, 2.45) is 0 Å². The topological polar surface area (TPSA) is 60.1 Å². The molecule has 0 aliphatic rings. The fourth-order valence-electron chi connectivity index (χ4n) is 3.16. The first kappa shape index (κ1) is 18.9. The third-order valence-electron chi connectivity index (χ3n) is 4.44. The van der Waals surface area contributed by atoms with Gasteiger partial charge >= 0.3 is 0 Å². The number of carbonyl (C=O) groups is 1. The van der Waals surface area contributed by atoms with E-state index in [0.29, 0.717) is 26.7 Å². The Kier molecular flexibility index (Phi) is 5.39. The Labute approximate surface area is 165 Å². The highest BCUT2D eigenvalue weighted by molar-refractivity contribution is 9.10. The average Bonchev–Trinajstić information content (AvgIpc) is 3.21. The predicted molar refractivity (Wildman–Crippen MR) is 109 cm³/mol. The summed E-state index contributed by atoms with van der Waals surface area (Å²) in [4.78, 5) is 17.2. The van der Waals surface area contributed by atoms with E-state index in [-0.39, 0.29) is 5.91 Å². The minimum absolute atomic E-state index is 0.219. The van der Waals surface area contributed by atoms with Crippen molar-refractivity contribution < 1.29 is 9.21 Å². The zero-order valence-electron chi connectivity index (χ0n) is 15.6. The molecule has 0 aromatic carbocycles. The molecule has 1 amide bonds. The number of carbonyl (C=O) groups excluding carboxylic acids is 1. The van der Waals surface area contributed by atoms with Crippen molar-refractivity contribution in [2.45, 2.75) is 47.6 Å². The molecule has 7 heteroatoms. The molecule has 0 spiro atoms. The van der Waals surface area contributed by atoms with Gasteiger partial charge in [0.15, 0.2) is 5.13 Å². The van der Waals surface area contributed by atoms with Crippen LogP contribution in [0.15, 0.2) is 20.3 Å². The minimum Gasteiger partial charge on any atom is -0.465 e. The van der Waals surface area contributed by atoms with E-state index < -0.39 is 0 Å². The second kappa shape index (κ2) is 7.40. The quantitative estimate of drug-likeness (QED) is 0.545. The van der Waals surface area contributed by atoms with E-state index in [1.54, 1.807) is 6.92 Å². The lowest BCUT2D eigenvalue weighted by Crippen LogP contribution is -2.12. The number of amides is 1. The first-order valence-corrected chi connectivity index (χ1v) is 10.2. The minimum atomic E-state index is -0.219. The van der Waals surface area contributed by atoms with Crippen LogP contribution in [-0.4, -0.2) is 15.5 Å². The molecule has 1 N–H and O–H groups in total. The molecule has 0 unspecified atom stereocenters. The standard InChI is InChI=1S/C19H22BrN3O2S/c1-6-7-23-10(2)8-14(11(23)3)15-9-26-19(21-15)22-18(24)16-12(4)25-13(5)17(16)20/h8-9H,6-7H2,1-5H3,(H,21,22,24). The average molecular weight is 436 g/mol. The summed E-state index contributed by atoms with van der Waals surface area (Å²) in [6, 6.07) is 2.16. The Balaban J connectivity index is 1.85. The van der Waals surface area contributed by atoms with E-state index in [1.807, 2.05) is 12.3 Å². The Bertz CT molecular complexity index is 968. The van der Waals surface area contributed by atoms with Gasteiger partial charge in [-0.1, -0.05) is 6.92 Å². The predicted octanol–water partition coefficient (Wildman–Crippen LogP) is 5.86. The molecule has 138 valence electrons. The summed E-state index contributed by atoms with van der Waals surface area (Å²) in [6.07, 6.45) is 1.09. The molecule has 3 rings (SSSR count). The summed E-state index contributed by atoms with van der Waals surface area (Å²) < 4.78 is 8.50. The van der Waals surface area contributed by atoms with Gasteiger partial charge in [-0.3, -0.25) is 10.1 Å². The lowest BCUT2D eigenvalue weighted by Gasteiger charge is -2.07. The zero-order valence-corrected chi connectivity index (χ0v) is 18.0. The molecule has 3 aromatic heterocycles. The van der Waals surface area contributed by atoms with Gasteiger partial charge in [-0.2, -0.15) is 0 Å². The summed E-state index contributed by atoms with van der Waals surface area (Å²) in [5.41, 5.74) is 4.95. The summed E-state index contributed by atoms with van der Waals surface area (Å²) in [5.74, 6) is 1.06. The smallest absolute Gasteiger partial charge is 0.262 e. The number of halogens is 1. The van der Waals surface area contributed by atoms with Crippen molar-refractivity contribution >= 4 is 38.3 Å². The fourth-order valence-corrected chi connectivity index (χ4v) is 4.40. The molecule has 26 heavy (non-hydrogen) atoms. The number of rotatable bonds is 5. The van der Waals surface area contributed by atoms with Crippen molar-refractivity contribution in [1.29, 1.82) is 0 Å². The number of aryl methyl sites for hydroxylation is 3. The number of hydrogen-bond acceptors (Lipinski definition) is 4. The monoisotopic (exact) mass is 435 g/mol. The number of nitrogens with one attached hydrogen (secondary N) is 1.